The lowest BCUT2D eigenvalue weighted by Gasteiger charge is -2.15. The molecule has 1 unspecified atom stereocenters. The van der Waals surface area contributed by atoms with Gasteiger partial charge in [0.15, 0.2) is 5.65 Å². The van der Waals surface area contributed by atoms with Crippen LogP contribution in [0, 0.1) is 0 Å². The molecule has 0 aliphatic heterocycles. The third kappa shape index (κ3) is 3.45. The van der Waals surface area contributed by atoms with Gasteiger partial charge in [0.1, 0.15) is 22.9 Å². The van der Waals surface area contributed by atoms with Crippen molar-refractivity contribution in [1.29, 1.82) is 0 Å². The topological polar surface area (TPSA) is 92.8 Å². The number of carbonyl (C=O) groups is 1. The first-order valence-corrected chi connectivity index (χ1v) is 7.41. The van der Waals surface area contributed by atoms with Crippen molar-refractivity contribution in [2.45, 2.75) is 24.9 Å². The number of nitrogens with zero attached hydrogens (tertiary/aromatic N) is 3. The van der Waals surface area contributed by atoms with Gasteiger partial charge in [-0.2, -0.15) is 0 Å². The first kappa shape index (κ1) is 14.7. The smallest absolute Gasteiger partial charge is 0.323 e. The average molecular weight is 295 g/mol. The molecule has 0 radical (unpaired) electrons. The highest BCUT2D eigenvalue weighted by atomic mass is 32.2. The Labute approximate surface area is 120 Å². The van der Waals surface area contributed by atoms with Crippen molar-refractivity contribution < 1.29 is 9.53 Å². The molecule has 0 aliphatic rings. The maximum atomic E-state index is 11.8. The fraction of sp³-hybridized carbons (Fsp3) is 0.500. The number of carbonyl (C=O) groups excluding carboxylic acids is 1. The number of hydrogen-bond donors (Lipinski definition) is 2. The van der Waals surface area contributed by atoms with Gasteiger partial charge in [0.05, 0.1) is 12.9 Å². The Hall–Kier alpha value is -1.67. The molecule has 2 aromatic heterocycles. The van der Waals surface area contributed by atoms with Crippen molar-refractivity contribution in [2.75, 3.05) is 18.9 Å². The highest BCUT2D eigenvalue weighted by molar-refractivity contribution is 7.99. The molecule has 0 saturated carbocycles. The highest BCUT2D eigenvalue weighted by Gasteiger charge is 2.19. The fourth-order valence-electron chi connectivity index (χ4n) is 1.71. The van der Waals surface area contributed by atoms with Crippen molar-refractivity contribution >= 4 is 28.9 Å². The average Bonchev–Trinajstić information content (AvgIpc) is 2.92. The normalized spacial score (nSPS) is 12.5. The number of imidazole rings is 1. The monoisotopic (exact) mass is 295 g/mol. The molecule has 7 nitrogen and oxygen atoms in total. The predicted molar refractivity (Wildman–Crippen MR) is 76.5 cm³/mol. The van der Waals surface area contributed by atoms with Crippen molar-refractivity contribution in [3.05, 3.63) is 12.7 Å². The second-order valence-electron chi connectivity index (χ2n) is 3.95. The number of fused-ring (bicyclic) bond motifs is 1. The zero-order chi connectivity index (χ0) is 14.4. The molecule has 0 spiro atoms. The zero-order valence-electron chi connectivity index (χ0n) is 11.4. The lowest BCUT2D eigenvalue weighted by molar-refractivity contribution is -0.144. The number of rotatable bonds is 7. The summed E-state index contributed by atoms with van der Waals surface area (Å²) in [4.78, 5) is 27.2. The third-order valence-corrected chi connectivity index (χ3v) is 3.68. The van der Waals surface area contributed by atoms with Crippen LogP contribution < -0.4 is 5.32 Å². The fourth-order valence-corrected chi connectivity index (χ4v) is 2.71. The van der Waals surface area contributed by atoms with Gasteiger partial charge in [0.25, 0.3) is 0 Å². The lowest BCUT2D eigenvalue weighted by atomic mass is 10.3. The molecular formula is C12H17N5O2S. The molecule has 0 aromatic carbocycles. The summed E-state index contributed by atoms with van der Waals surface area (Å²) in [6.07, 6.45) is 3.05. The Bertz CT molecular complexity index is 574. The summed E-state index contributed by atoms with van der Waals surface area (Å²) in [6, 6.07) is -0.349. The second-order valence-corrected chi connectivity index (χ2v) is 4.96. The lowest BCUT2D eigenvalue weighted by Crippen LogP contribution is -2.40. The van der Waals surface area contributed by atoms with Crippen LogP contribution in [-0.4, -0.2) is 50.9 Å². The van der Waals surface area contributed by atoms with Gasteiger partial charge < -0.3 is 15.0 Å². The van der Waals surface area contributed by atoms with Crippen LogP contribution in [0.25, 0.3) is 11.2 Å². The molecule has 20 heavy (non-hydrogen) atoms. The number of ether oxygens (including phenoxy) is 1. The number of esters is 1. The van der Waals surface area contributed by atoms with Crippen LogP contribution in [0.5, 0.6) is 0 Å². The maximum absolute atomic E-state index is 11.8. The van der Waals surface area contributed by atoms with E-state index >= 15 is 0 Å². The molecule has 0 fully saturated rings. The van der Waals surface area contributed by atoms with Gasteiger partial charge in [-0.05, 0) is 13.5 Å². The summed E-state index contributed by atoms with van der Waals surface area (Å²) < 4.78 is 5.05. The van der Waals surface area contributed by atoms with Gasteiger partial charge >= 0.3 is 5.97 Å². The molecule has 2 aromatic rings. The number of hydrogen-bond acceptors (Lipinski definition) is 7. The molecule has 2 N–H and O–H groups in total. The van der Waals surface area contributed by atoms with E-state index in [4.69, 9.17) is 4.74 Å². The van der Waals surface area contributed by atoms with E-state index in [-0.39, 0.29) is 12.0 Å². The number of thioether (sulfide) groups is 1. The van der Waals surface area contributed by atoms with E-state index in [0.29, 0.717) is 24.6 Å². The molecule has 2 rings (SSSR count). The number of H-pyrrole nitrogens is 1. The first-order valence-electron chi connectivity index (χ1n) is 6.43. The SMILES string of the molecule is CCNC(CSc1ncnc2nc[nH]c12)C(=O)OCC. The summed E-state index contributed by atoms with van der Waals surface area (Å²) >= 11 is 1.47. The number of aromatic nitrogens is 4. The Morgan fingerprint density at radius 1 is 1.45 bits per heavy atom. The summed E-state index contributed by atoms with van der Waals surface area (Å²) in [7, 11) is 0. The van der Waals surface area contributed by atoms with Crippen LogP contribution in [-0.2, 0) is 9.53 Å². The van der Waals surface area contributed by atoms with Gasteiger partial charge in [-0.15, -0.1) is 11.8 Å². The molecule has 0 bridgehead atoms. The van der Waals surface area contributed by atoms with Gasteiger partial charge in [-0.25, -0.2) is 15.0 Å². The van der Waals surface area contributed by atoms with Crippen molar-refractivity contribution in [2.24, 2.45) is 0 Å². The van der Waals surface area contributed by atoms with E-state index in [0.717, 1.165) is 10.5 Å². The third-order valence-electron chi connectivity index (χ3n) is 2.60. The first-order chi connectivity index (χ1) is 9.76. The molecule has 0 amide bonds. The minimum atomic E-state index is -0.349. The predicted octanol–water partition coefficient (Wildman–Crippen LogP) is 0.986. The number of likely N-dealkylation sites (N-methyl/N-ethyl adjacent to an activating group) is 1. The Kier molecular flexibility index (Phi) is 5.31. The molecule has 108 valence electrons. The quantitative estimate of drug-likeness (QED) is 0.447. The van der Waals surface area contributed by atoms with Gasteiger partial charge in [0, 0.05) is 5.75 Å². The zero-order valence-corrected chi connectivity index (χ0v) is 12.2. The van der Waals surface area contributed by atoms with Crippen LogP contribution in [0.3, 0.4) is 0 Å². The minimum Gasteiger partial charge on any atom is -0.465 e. The minimum absolute atomic E-state index is 0.239. The van der Waals surface area contributed by atoms with Gasteiger partial charge in [-0.1, -0.05) is 6.92 Å². The summed E-state index contributed by atoms with van der Waals surface area (Å²) in [5.74, 6) is 0.300. The molecular weight excluding hydrogens is 278 g/mol. The van der Waals surface area contributed by atoms with Crippen molar-refractivity contribution in [1.82, 2.24) is 25.3 Å². The second kappa shape index (κ2) is 7.20. The van der Waals surface area contributed by atoms with Crippen LogP contribution in [0.1, 0.15) is 13.8 Å². The van der Waals surface area contributed by atoms with Gasteiger partial charge in [0.2, 0.25) is 0 Å². The Morgan fingerprint density at radius 3 is 3.05 bits per heavy atom. The summed E-state index contributed by atoms with van der Waals surface area (Å²) in [6.45, 7) is 4.83. The highest BCUT2D eigenvalue weighted by Crippen LogP contribution is 2.22. The Morgan fingerprint density at radius 2 is 2.30 bits per heavy atom. The van der Waals surface area contributed by atoms with Crippen LogP contribution in [0.2, 0.25) is 0 Å². The number of aromatic amines is 1. The molecule has 0 saturated heterocycles. The summed E-state index contributed by atoms with van der Waals surface area (Å²) in [5.41, 5.74) is 1.41. The van der Waals surface area contributed by atoms with Crippen LogP contribution in [0.4, 0.5) is 0 Å². The molecule has 2 heterocycles. The van der Waals surface area contributed by atoms with Crippen molar-refractivity contribution in [3.63, 3.8) is 0 Å². The van der Waals surface area contributed by atoms with Crippen LogP contribution >= 0.6 is 11.8 Å². The van der Waals surface area contributed by atoms with Gasteiger partial charge in [-0.3, -0.25) is 4.79 Å². The Balaban J connectivity index is 2.05. The van der Waals surface area contributed by atoms with Crippen LogP contribution in [0.15, 0.2) is 17.7 Å². The maximum Gasteiger partial charge on any atom is 0.323 e. The van der Waals surface area contributed by atoms with E-state index in [1.807, 2.05) is 6.92 Å². The largest absolute Gasteiger partial charge is 0.465 e. The van der Waals surface area contributed by atoms with E-state index in [1.54, 1.807) is 13.3 Å². The van der Waals surface area contributed by atoms with E-state index in [2.05, 4.69) is 25.3 Å². The molecule has 1 atom stereocenters. The van der Waals surface area contributed by atoms with E-state index < -0.39 is 0 Å². The molecule has 8 heteroatoms. The number of nitrogens with one attached hydrogen (secondary N) is 2. The van der Waals surface area contributed by atoms with Crippen molar-refractivity contribution in [3.8, 4) is 0 Å². The standard InChI is InChI=1S/C12H17N5O2S/c1-3-13-8(12(18)19-4-2)5-20-11-9-10(15-6-14-9)16-7-17-11/h6-8,13H,3-5H2,1-2H3,(H,14,15,16,17). The summed E-state index contributed by atoms with van der Waals surface area (Å²) in [5, 5.41) is 3.89. The van der Waals surface area contributed by atoms with E-state index in [1.165, 1.54) is 18.1 Å². The van der Waals surface area contributed by atoms with E-state index in [9.17, 15) is 4.79 Å². The molecule has 0 aliphatic carbocycles.